The van der Waals surface area contributed by atoms with Gasteiger partial charge in [0.15, 0.2) is 5.76 Å². The summed E-state index contributed by atoms with van der Waals surface area (Å²) in [6, 6.07) is 17.4. The highest BCUT2D eigenvalue weighted by atomic mass is 16.5. The molecule has 3 aromatic rings. The van der Waals surface area contributed by atoms with E-state index in [2.05, 4.69) is 10.6 Å². The molecule has 0 saturated carbocycles. The minimum absolute atomic E-state index is 0.167. The molecule has 30 heavy (non-hydrogen) atoms. The molecule has 1 unspecified atom stereocenters. The molecule has 0 bridgehead atoms. The summed E-state index contributed by atoms with van der Waals surface area (Å²) in [5, 5.41) is 5.39. The van der Waals surface area contributed by atoms with Crippen molar-refractivity contribution in [2.45, 2.75) is 19.9 Å². The van der Waals surface area contributed by atoms with Crippen molar-refractivity contribution in [3.8, 4) is 5.75 Å². The van der Waals surface area contributed by atoms with Crippen LogP contribution in [0.3, 0.4) is 0 Å². The highest BCUT2D eigenvalue weighted by molar-refractivity contribution is 6.02. The first-order chi connectivity index (χ1) is 14.4. The molecule has 0 saturated heterocycles. The Labute approximate surface area is 174 Å². The Morgan fingerprint density at radius 2 is 1.67 bits per heavy atom. The summed E-state index contributed by atoms with van der Waals surface area (Å²) < 4.78 is 10.5. The predicted molar refractivity (Wildman–Crippen MR) is 111 cm³/mol. The van der Waals surface area contributed by atoms with Crippen LogP contribution < -0.4 is 15.4 Å². The number of benzene rings is 2. The number of hydrogen-bond donors (Lipinski definition) is 2. The van der Waals surface area contributed by atoms with E-state index in [1.807, 2.05) is 19.9 Å². The number of esters is 1. The van der Waals surface area contributed by atoms with Gasteiger partial charge < -0.3 is 19.8 Å². The van der Waals surface area contributed by atoms with Crippen LogP contribution >= 0.6 is 0 Å². The summed E-state index contributed by atoms with van der Waals surface area (Å²) in [4.78, 5) is 37.2. The van der Waals surface area contributed by atoms with Crippen molar-refractivity contribution in [1.29, 1.82) is 0 Å². The summed E-state index contributed by atoms with van der Waals surface area (Å²) in [6.45, 7) is 3.63. The third-order valence-corrected chi connectivity index (χ3v) is 4.30. The lowest BCUT2D eigenvalue weighted by atomic mass is 10.0. The van der Waals surface area contributed by atoms with Gasteiger partial charge in [0.05, 0.1) is 6.26 Å². The molecule has 154 valence electrons. The molecular formula is C23H22N2O5. The van der Waals surface area contributed by atoms with Gasteiger partial charge in [0, 0.05) is 17.3 Å². The summed E-state index contributed by atoms with van der Waals surface area (Å²) in [5.74, 6) is -1.14. The van der Waals surface area contributed by atoms with E-state index >= 15 is 0 Å². The number of ether oxygens (including phenoxy) is 1. The standard InChI is InChI=1S/C23H22N2O5/c1-15(2)20(25-21(26)16-8-4-3-5-9-16)23(28)30-18-11-6-10-17(14-18)24-22(27)19-12-7-13-29-19/h3-15,20H,1-2H3,(H,24,27)(H,25,26). The second kappa shape index (κ2) is 9.56. The normalized spacial score (nSPS) is 11.6. The van der Waals surface area contributed by atoms with E-state index < -0.39 is 17.9 Å². The van der Waals surface area contributed by atoms with E-state index in [0.29, 0.717) is 11.3 Å². The molecule has 2 amide bonds. The van der Waals surface area contributed by atoms with Gasteiger partial charge in [0.1, 0.15) is 11.8 Å². The zero-order chi connectivity index (χ0) is 21.5. The van der Waals surface area contributed by atoms with Crippen LogP contribution in [0.1, 0.15) is 34.8 Å². The first-order valence-corrected chi connectivity index (χ1v) is 9.46. The fourth-order valence-electron chi connectivity index (χ4n) is 2.73. The van der Waals surface area contributed by atoms with Crippen molar-refractivity contribution in [3.05, 3.63) is 84.3 Å². The molecule has 0 aliphatic carbocycles. The third kappa shape index (κ3) is 5.35. The minimum Gasteiger partial charge on any atom is -0.459 e. The number of furan rings is 1. The van der Waals surface area contributed by atoms with E-state index in [-0.39, 0.29) is 23.3 Å². The number of nitrogens with one attached hydrogen (secondary N) is 2. The predicted octanol–water partition coefficient (Wildman–Crippen LogP) is 3.89. The maximum atomic E-state index is 12.7. The molecule has 7 heteroatoms. The first-order valence-electron chi connectivity index (χ1n) is 9.46. The van der Waals surface area contributed by atoms with Crippen molar-refractivity contribution >= 4 is 23.5 Å². The van der Waals surface area contributed by atoms with E-state index in [1.54, 1.807) is 54.6 Å². The van der Waals surface area contributed by atoms with Crippen molar-refractivity contribution in [3.63, 3.8) is 0 Å². The minimum atomic E-state index is -0.834. The van der Waals surface area contributed by atoms with Gasteiger partial charge in [-0.3, -0.25) is 9.59 Å². The Kier molecular flexibility index (Phi) is 6.64. The molecule has 0 fully saturated rings. The van der Waals surface area contributed by atoms with Gasteiger partial charge in [-0.1, -0.05) is 38.1 Å². The lowest BCUT2D eigenvalue weighted by Crippen LogP contribution is -2.46. The lowest BCUT2D eigenvalue weighted by molar-refractivity contribution is -0.137. The van der Waals surface area contributed by atoms with E-state index in [9.17, 15) is 14.4 Å². The van der Waals surface area contributed by atoms with Gasteiger partial charge in [0.2, 0.25) is 0 Å². The quantitative estimate of drug-likeness (QED) is 0.458. The molecule has 2 N–H and O–H groups in total. The average molecular weight is 406 g/mol. The average Bonchev–Trinajstić information content (AvgIpc) is 3.27. The molecule has 0 spiro atoms. The molecular weight excluding hydrogens is 384 g/mol. The molecule has 0 aliphatic heterocycles. The van der Waals surface area contributed by atoms with Crippen molar-refractivity contribution < 1.29 is 23.5 Å². The Hall–Kier alpha value is -3.87. The van der Waals surface area contributed by atoms with Crippen LogP contribution in [-0.4, -0.2) is 23.8 Å². The van der Waals surface area contributed by atoms with Crippen LogP contribution in [0.25, 0.3) is 0 Å². The van der Waals surface area contributed by atoms with E-state index in [0.717, 1.165) is 0 Å². The van der Waals surface area contributed by atoms with Crippen LogP contribution in [0.5, 0.6) is 5.75 Å². The first kappa shape index (κ1) is 20.9. The van der Waals surface area contributed by atoms with Crippen molar-refractivity contribution in [2.75, 3.05) is 5.32 Å². The molecule has 3 rings (SSSR count). The van der Waals surface area contributed by atoms with Crippen LogP contribution in [0.4, 0.5) is 5.69 Å². The SMILES string of the molecule is CC(C)C(NC(=O)c1ccccc1)C(=O)Oc1cccc(NC(=O)c2ccco2)c1. The van der Waals surface area contributed by atoms with Crippen LogP contribution in [0, 0.1) is 5.92 Å². The topological polar surface area (TPSA) is 97.6 Å². The largest absolute Gasteiger partial charge is 0.459 e. The monoisotopic (exact) mass is 406 g/mol. The Morgan fingerprint density at radius 3 is 2.33 bits per heavy atom. The van der Waals surface area contributed by atoms with E-state index in [4.69, 9.17) is 9.15 Å². The zero-order valence-electron chi connectivity index (χ0n) is 16.6. The number of carbonyl (C=O) groups is 3. The molecule has 1 heterocycles. The maximum Gasteiger partial charge on any atom is 0.334 e. The number of amides is 2. The van der Waals surface area contributed by atoms with E-state index in [1.165, 1.54) is 12.3 Å². The summed E-state index contributed by atoms with van der Waals surface area (Å²) in [7, 11) is 0. The number of anilines is 1. The second-order valence-corrected chi connectivity index (χ2v) is 6.94. The fourth-order valence-corrected chi connectivity index (χ4v) is 2.73. The molecule has 1 aromatic heterocycles. The fraction of sp³-hybridized carbons (Fsp3) is 0.174. The molecule has 0 radical (unpaired) electrons. The number of carbonyl (C=O) groups excluding carboxylic acids is 3. The van der Waals surface area contributed by atoms with Gasteiger partial charge in [-0.05, 0) is 42.3 Å². The van der Waals surface area contributed by atoms with Crippen LogP contribution in [0.2, 0.25) is 0 Å². The smallest absolute Gasteiger partial charge is 0.334 e. The molecule has 0 aliphatic rings. The van der Waals surface area contributed by atoms with Gasteiger partial charge in [0.25, 0.3) is 11.8 Å². The van der Waals surface area contributed by atoms with Crippen molar-refractivity contribution in [2.24, 2.45) is 5.92 Å². The van der Waals surface area contributed by atoms with Crippen LogP contribution in [-0.2, 0) is 4.79 Å². The number of hydrogen-bond acceptors (Lipinski definition) is 5. The lowest BCUT2D eigenvalue weighted by Gasteiger charge is -2.21. The molecule has 7 nitrogen and oxygen atoms in total. The van der Waals surface area contributed by atoms with Gasteiger partial charge in [-0.25, -0.2) is 4.79 Å². The van der Waals surface area contributed by atoms with Gasteiger partial charge in [-0.2, -0.15) is 0 Å². The third-order valence-electron chi connectivity index (χ3n) is 4.30. The summed E-state index contributed by atoms with van der Waals surface area (Å²) in [5.41, 5.74) is 0.898. The van der Waals surface area contributed by atoms with Crippen molar-refractivity contribution in [1.82, 2.24) is 5.32 Å². The molecule has 2 aromatic carbocycles. The molecule has 1 atom stereocenters. The Bertz CT molecular complexity index is 1010. The van der Waals surface area contributed by atoms with Crippen LogP contribution in [0.15, 0.2) is 77.4 Å². The van der Waals surface area contributed by atoms with Gasteiger partial charge in [-0.15, -0.1) is 0 Å². The second-order valence-electron chi connectivity index (χ2n) is 6.94. The number of rotatable bonds is 7. The summed E-state index contributed by atoms with van der Waals surface area (Å²) in [6.07, 6.45) is 1.41. The Balaban J connectivity index is 1.67. The summed E-state index contributed by atoms with van der Waals surface area (Å²) >= 11 is 0. The van der Waals surface area contributed by atoms with Gasteiger partial charge >= 0.3 is 5.97 Å². The maximum absolute atomic E-state index is 12.7. The highest BCUT2D eigenvalue weighted by Gasteiger charge is 2.26. The zero-order valence-corrected chi connectivity index (χ0v) is 16.6. The Morgan fingerprint density at radius 1 is 0.900 bits per heavy atom. The highest BCUT2D eigenvalue weighted by Crippen LogP contribution is 2.20.